The van der Waals surface area contributed by atoms with Gasteiger partial charge < -0.3 is 5.32 Å². The number of nitrogens with zero attached hydrogens (tertiary/aromatic N) is 6. The molecule has 1 aliphatic rings. The molecule has 0 spiro atoms. The summed E-state index contributed by atoms with van der Waals surface area (Å²) in [5, 5.41) is 18.7. The van der Waals surface area contributed by atoms with E-state index < -0.39 is 0 Å². The van der Waals surface area contributed by atoms with Gasteiger partial charge in [-0.25, -0.2) is 0 Å². The molecule has 1 atom stereocenters. The Kier molecular flexibility index (Phi) is 6.48. The second kappa shape index (κ2) is 9.45. The first-order valence-electron chi connectivity index (χ1n) is 9.95. The van der Waals surface area contributed by atoms with E-state index >= 15 is 0 Å². The third-order valence-corrected chi connectivity index (χ3v) is 5.79. The number of carbonyl (C=O) groups excluding carboxylic acids is 1. The summed E-state index contributed by atoms with van der Waals surface area (Å²) in [6, 6.07) is 8.69. The highest BCUT2D eigenvalue weighted by molar-refractivity contribution is 6.42. The molecule has 0 unspecified atom stereocenters. The van der Waals surface area contributed by atoms with Crippen molar-refractivity contribution in [3.05, 3.63) is 70.2 Å². The Morgan fingerprint density at radius 2 is 2.00 bits per heavy atom. The van der Waals surface area contributed by atoms with Gasteiger partial charge in [-0.3, -0.25) is 19.5 Å². The zero-order valence-corrected chi connectivity index (χ0v) is 18.4. The van der Waals surface area contributed by atoms with Crippen LogP contribution >= 0.6 is 23.2 Å². The van der Waals surface area contributed by atoms with E-state index in [4.69, 9.17) is 23.2 Å². The number of amides is 1. The Morgan fingerprint density at radius 1 is 1.19 bits per heavy atom. The average Bonchev–Trinajstić information content (AvgIpc) is 3.41. The standard InChI is InChI=1S/C21H21Cl2N7O/c1-2-29-13-16(26-28-29)4-3-15-12-30(17-5-6-18(22)19(23)11-17)27-20(15)25-21(31)14-7-9-24-10-8-14/h5-11,13,15H,2-4,12H2,1H3,(H,25,27,31)/t15-/m0/s1. The Morgan fingerprint density at radius 3 is 2.71 bits per heavy atom. The number of rotatable bonds is 6. The molecule has 160 valence electrons. The monoisotopic (exact) mass is 457 g/mol. The van der Waals surface area contributed by atoms with Gasteiger partial charge in [-0.2, -0.15) is 5.10 Å². The maximum absolute atomic E-state index is 12.7. The van der Waals surface area contributed by atoms with Crippen LogP contribution in [0.5, 0.6) is 0 Å². The molecule has 0 fully saturated rings. The minimum atomic E-state index is -0.223. The number of halogens is 2. The summed E-state index contributed by atoms with van der Waals surface area (Å²) in [4.78, 5) is 16.7. The predicted octanol–water partition coefficient (Wildman–Crippen LogP) is 3.81. The number of pyridine rings is 1. The number of aromatic nitrogens is 4. The predicted molar refractivity (Wildman–Crippen MR) is 120 cm³/mol. The van der Waals surface area contributed by atoms with Gasteiger partial charge in [0.05, 0.1) is 28.0 Å². The molecule has 1 amide bonds. The molecule has 1 aliphatic heterocycles. The molecule has 0 saturated heterocycles. The number of anilines is 1. The summed E-state index contributed by atoms with van der Waals surface area (Å²) in [6.07, 6.45) is 6.60. The number of benzene rings is 1. The van der Waals surface area contributed by atoms with Crippen LogP contribution in [0.1, 0.15) is 29.4 Å². The summed E-state index contributed by atoms with van der Waals surface area (Å²) < 4.78 is 1.80. The quantitative estimate of drug-likeness (QED) is 0.607. The van der Waals surface area contributed by atoms with E-state index in [0.29, 0.717) is 28.0 Å². The van der Waals surface area contributed by atoms with Crippen molar-refractivity contribution in [2.75, 3.05) is 11.6 Å². The second-order valence-electron chi connectivity index (χ2n) is 7.16. The number of hydrogen-bond donors (Lipinski definition) is 1. The fourth-order valence-corrected chi connectivity index (χ4v) is 3.63. The van der Waals surface area contributed by atoms with E-state index in [9.17, 15) is 4.79 Å². The Balaban J connectivity index is 1.53. The highest BCUT2D eigenvalue weighted by Gasteiger charge is 2.29. The summed E-state index contributed by atoms with van der Waals surface area (Å²) >= 11 is 12.2. The van der Waals surface area contributed by atoms with Crippen LogP contribution in [0.15, 0.2) is 54.0 Å². The fraction of sp³-hybridized carbons (Fsp3) is 0.286. The number of amidine groups is 1. The molecule has 0 radical (unpaired) electrons. The van der Waals surface area contributed by atoms with Crippen LogP contribution in [0, 0.1) is 5.92 Å². The molecule has 0 aliphatic carbocycles. The highest BCUT2D eigenvalue weighted by atomic mass is 35.5. The minimum absolute atomic E-state index is 0.00650. The molecular weight excluding hydrogens is 437 g/mol. The van der Waals surface area contributed by atoms with E-state index in [1.54, 1.807) is 41.3 Å². The molecule has 4 rings (SSSR count). The molecular formula is C21H21Cl2N7O. The largest absolute Gasteiger partial charge is 0.308 e. The number of aryl methyl sites for hydroxylation is 2. The van der Waals surface area contributed by atoms with Crippen molar-refractivity contribution in [3.8, 4) is 0 Å². The van der Waals surface area contributed by atoms with Crippen LogP contribution in [0.2, 0.25) is 10.0 Å². The summed E-state index contributed by atoms with van der Waals surface area (Å²) in [7, 11) is 0. The van der Waals surface area contributed by atoms with Gasteiger partial charge in [0.2, 0.25) is 0 Å². The van der Waals surface area contributed by atoms with Gasteiger partial charge >= 0.3 is 0 Å². The van der Waals surface area contributed by atoms with Crippen LogP contribution in [0.3, 0.4) is 0 Å². The lowest BCUT2D eigenvalue weighted by Crippen LogP contribution is -2.35. The molecule has 8 nitrogen and oxygen atoms in total. The Bertz CT molecular complexity index is 1100. The van der Waals surface area contributed by atoms with Crippen LogP contribution in [0.25, 0.3) is 0 Å². The first kappa shape index (κ1) is 21.3. The van der Waals surface area contributed by atoms with E-state index in [1.807, 2.05) is 24.2 Å². The van der Waals surface area contributed by atoms with Crippen LogP contribution < -0.4 is 10.3 Å². The van der Waals surface area contributed by atoms with Crippen molar-refractivity contribution in [1.82, 2.24) is 25.3 Å². The lowest BCUT2D eigenvalue weighted by Gasteiger charge is -2.16. The average molecular weight is 458 g/mol. The molecule has 31 heavy (non-hydrogen) atoms. The third-order valence-electron chi connectivity index (χ3n) is 5.05. The van der Waals surface area contributed by atoms with E-state index in [0.717, 1.165) is 30.8 Å². The third kappa shape index (κ3) is 5.03. The molecule has 0 saturated carbocycles. The number of hydrazone groups is 1. The summed E-state index contributed by atoms with van der Waals surface area (Å²) in [6.45, 7) is 3.39. The van der Waals surface area contributed by atoms with E-state index in [-0.39, 0.29) is 11.8 Å². The van der Waals surface area contributed by atoms with Crippen molar-refractivity contribution < 1.29 is 4.79 Å². The summed E-state index contributed by atoms with van der Waals surface area (Å²) in [5.74, 6) is 0.391. The molecule has 2 aromatic heterocycles. The van der Waals surface area contributed by atoms with Crippen molar-refractivity contribution in [2.24, 2.45) is 11.0 Å². The smallest absolute Gasteiger partial charge is 0.256 e. The maximum Gasteiger partial charge on any atom is 0.256 e. The normalized spacial score (nSPS) is 15.8. The first-order valence-corrected chi connectivity index (χ1v) is 10.7. The molecule has 10 heteroatoms. The van der Waals surface area contributed by atoms with Crippen LogP contribution in [-0.4, -0.2) is 38.3 Å². The Labute approximate surface area is 189 Å². The topological polar surface area (TPSA) is 88.3 Å². The highest BCUT2D eigenvalue weighted by Crippen LogP contribution is 2.30. The van der Waals surface area contributed by atoms with E-state index in [2.05, 4.69) is 25.7 Å². The molecule has 3 aromatic rings. The van der Waals surface area contributed by atoms with Crippen LogP contribution in [0.4, 0.5) is 5.69 Å². The van der Waals surface area contributed by atoms with Gasteiger partial charge in [0.25, 0.3) is 5.91 Å². The first-order chi connectivity index (χ1) is 15.0. The summed E-state index contributed by atoms with van der Waals surface area (Å²) in [5.41, 5.74) is 2.24. The van der Waals surface area contributed by atoms with Gasteiger partial charge in [0, 0.05) is 36.6 Å². The molecule has 3 heterocycles. The van der Waals surface area contributed by atoms with Gasteiger partial charge in [-0.15, -0.1) is 5.10 Å². The Hall–Kier alpha value is -2.97. The zero-order chi connectivity index (χ0) is 21.8. The fourth-order valence-electron chi connectivity index (χ4n) is 3.33. The molecule has 0 bridgehead atoms. The van der Waals surface area contributed by atoms with Crippen molar-refractivity contribution in [1.29, 1.82) is 0 Å². The number of carbonyl (C=O) groups is 1. The number of nitrogens with one attached hydrogen (secondary N) is 1. The van der Waals surface area contributed by atoms with Gasteiger partial charge in [-0.1, -0.05) is 28.4 Å². The van der Waals surface area contributed by atoms with Gasteiger partial charge in [0.15, 0.2) is 0 Å². The maximum atomic E-state index is 12.7. The lowest BCUT2D eigenvalue weighted by molar-refractivity contribution is 0.0975. The molecule has 1 aromatic carbocycles. The minimum Gasteiger partial charge on any atom is -0.308 e. The van der Waals surface area contributed by atoms with Crippen molar-refractivity contribution in [3.63, 3.8) is 0 Å². The van der Waals surface area contributed by atoms with Crippen molar-refractivity contribution in [2.45, 2.75) is 26.3 Å². The van der Waals surface area contributed by atoms with Crippen LogP contribution in [-0.2, 0) is 13.0 Å². The van der Waals surface area contributed by atoms with Gasteiger partial charge in [-0.05, 0) is 50.1 Å². The lowest BCUT2D eigenvalue weighted by atomic mass is 10.0. The SMILES string of the molecule is CCn1cc(CC[C@H]2CN(c3ccc(Cl)c(Cl)c3)N=C2NC(=O)c2ccncc2)nn1. The van der Waals surface area contributed by atoms with E-state index in [1.165, 1.54) is 0 Å². The second-order valence-corrected chi connectivity index (χ2v) is 7.97. The zero-order valence-electron chi connectivity index (χ0n) is 16.9. The molecule has 1 N–H and O–H groups in total. The van der Waals surface area contributed by atoms with Crippen molar-refractivity contribution >= 4 is 40.6 Å². The number of hydrogen-bond acceptors (Lipinski definition) is 6. The van der Waals surface area contributed by atoms with Gasteiger partial charge in [0.1, 0.15) is 5.84 Å².